The van der Waals surface area contributed by atoms with E-state index >= 15 is 0 Å². The molecule has 4 atom stereocenters. The van der Waals surface area contributed by atoms with Crippen LogP contribution in [-0.2, 0) is 32.0 Å². The molecule has 2 aromatic carbocycles. The molecule has 11 nitrogen and oxygen atoms in total. The average Bonchev–Trinajstić information content (AvgIpc) is 3.09. The molecule has 2 aromatic rings. The van der Waals surface area contributed by atoms with E-state index in [1.165, 1.54) is 0 Å². The second-order valence-electron chi connectivity index (χ2n) is 17.0. The number of aliphatic hydroxyl groups is 1. The van der Waals surface area contributed by atoms with Crippen LogP contribution in [0, 0.1) is 11.3 Å². The SMILES string of the molecule is C=C(C[C@H](O)[C@H](CC1CCCCC1)NC(=O)[C@H](Cc1ccccc1)NC(=O)[C@H](Cc1ccccc1)NC(=O)OC(C)(C)C)C(=O)NCC(C)(C)CN(C)C. The highest BCUT2D eigenvalue weighted by Crippen LogP contribution is 2.29. The van der Waals surface area contributed by atoms with Gasteiger partial charge in [-0.3, -0.25) is 14.4 Å². The fraction of sp³-hybridized carbons (Fsp3) is 0.581. The number of hydrogen-bond acceptors (Lipinski definition) is 7. The summed E-state index contributed by atoms with van der Waals surface area (Å²) in [5, 5.41) is 23.3. The predicted octanol–water partition coefficient (Wildman–Crippen LogP) is 5.32. The Labute approximate surface area is 323 Å². The van der Waals surface area contributed by atoms with Crippen LogP contribution in [0.3, 0.4) is 0 Å². The van der Waals surface area contributed by atoms with Gasteiger partial charge in [-0.15, -0.1) is 0 Å². The lowest BCUT2D eigenvalue weighted by atomic mass is 9.83. The molecule has 1 fully saturated rings. The summed E-state index contributed by atoms with van der Waals surface area (Å²) >= 11 is 0. The first-order valence-corrected chi connectivity index (χ1v) is 19.4. The first kappa shape index (κ1) is 44.2. The molecule has 54 heavy (non-hydrogen) atoms. The monoisotopic (exact) mass is 747 g/mol. The van der Waals surface area contributed by atoms with Gasteiger partial charge in [0.05, 0.1) is 12.1 Å². The summed E-state index contributed by atoms with van der Waals surface area (Å²) < 4.78 is 5.48. The molecule has 0 aliphatic heterocycles. The van der Waals surface area contributed by atoms with Crippen molar-refractivity contribution >= 4 is 23.8 Å². The molecule has 298 valence electrons. The number of amides is 4. The summed E-state index contributed by atoms with van der Waals surface area (Å²) in [6.45, 7) is 14.6. The molecule has 1 saturated carbocycles. The lowest BCUT2D eigenvalue weighted by Gasteiger charge is -2.32. The van der Waals surface area contributed by atoms with Crippen LogP contribution in [0.5, 0.6) is 0 Å². The maximum Gasteiger partial charge on any atom is 0.408 e. The van der Waals surface area contributed by atoms with Crippen molar-refractivity contribution in [3.63, 3.8) is 0 Å². The number of carbonyl (C=O) groups excluding carboxylic acids is 4. The second kappa shape index (κ2) is 21.0. The van der Waals surface area contributed by atoms with E-state index in [0.717, 1.165) is 49.8 Å². The summed E-state index contributed by atoms with van der Waals surface area (Å²) in [4.78, 5) is 56.4. The van der Waals surface area contributed by atoms with Crippen molar-refractivity contribution < 1.29 is 29.0 Å². The van der Waals surface area contributed by atoms with Crippen molar-refractivity contribution in [2.75, 3.05) is 27.2 Å². The van der Waals surface area contributed by atoms with Crippen LogP contribution >= 0.6 is 0 Å². The number of hydrogen-bond donors (Lipinski definition) is 5. The van der Waals surface area contributed by atoms with Gasteiger partial charge in [0.1, 0.15) is 17.7 Å². The molecule has 0 spiro atoms. The Morgan fingerprint density at radius 2 is 1.33 bits per heavy atom. The molecule has 5 N–H and O–H groups in total. The maximum atomic E-state index is 14.3. The fourth-order valence-electron chi connectivity index (χ4n) is 7.06. The molecule has 0 bridgehead atoms. The smallest absolute Gasteiger partial charge is 0.408 e. The quantitative estimate of drug-likeness (QED) is 0.122. The number of carbonyl (C=O) groups is 4. The molecule has 4 amide bonds. The average molecular weight is 748 g/mol. The topological polar surface area (TPSA) is 149 Å². The van der Waals surface area contributed by atoms with E-state index in [1.807, 2.05) is 74.8 Å². The van der Waals surface area contributed by atoms with E-state index in [0.29, 0.717) is 18.9 Å². The Balaban J connectivity index is 1.83. The van der Waals surface area contributed by atoms with Crippen LogP contribution in [-0.4, -0.2) is 90.8 Å². The Kier molecular flexibility index (Phi) is 17.2. The number of nitrogens with one attached hydrogen (secondary N) is 4. The van der Waals surface area contributed by atoms with Gasteiger partial charge in [-0.2, -0.15) is 0 Å². The number of nitrogens with zero attached hydrogens (tertiary/aromatic N) is 1. The molecule has 0 radical (unpaired) electrons. The highest BCUT2D eigenvalue weighted by atomic mass is 16.6. The number of aliphatic hydroxyl groups excluding tert-OH is 1. The van der Waals surface area contributed by atoms with Crippen LogP contribution in [0.25, 0.3) is 0 Å². The third-order valence-corrected chi connectivity index (χ3v) is 9.56. The van der Waals surface area contributed by atoms with Crippen molar-refractivity contribution in [2.24, 2.45) is 11.3 Å². The standard InChI is InChI=1S/C43H65N5O6/c1-30(38(50)44-28-43(5,6)29-48(7)8)24-37(49)34(25-31-18-12-9-13-19-31)45-39(51)35(26-32-20-14-10-15-21-32)46-40(52)36(27-33-22-16-11-17-23-33)47-41(53)54-42(2,3)4/h10-11,14-17,20-23,31,34-37,49H,1,9,12-13,18-19,24-29H2,2-8H3,(H,44,50)(H,45,51)(H,46,52)(H,47,53)/t34-,35-,36-,37-/m0/s1. The van der Waals surface area contributed by atoms with Crippen LogP contribution in [0.1, 0.15) is 90.7 Å². The van der Waals surface area contributed by atoms with E-state index in [4.69, 9.17) is 4.74 Å². The zero-order valence-corrected chi connectivity index (χ0v) is 33.6. The van der Waals surface area contributed by atoms with E-state index in [9.17, 15) is 24.3 Å². The van der Waals surface area contributed by atoms with Crippen LogP contribution in [0.4, 0.5) is 4.79 Å². The molecule has 11 heteroatoms. The van der Waals surface area contributed by atoms with Gasteiger partial charge < -0.3 is 36.0 Å². The van der Waals surface area contributed by atoms with Gasteiger partial charge >= 0.3 is 6.09 Å². The van der Waals surface area contributed by atoms with Crippen molar-refractivity contribution in [1.29, 1.82) is 0 Å². The minimum atomic E-state index is -1.09. The third-order valence-electron chi connectivity index (χ3n) is 9.56. The first-order valence-electron chi connectivity index (χ1n) is 19.4. The number of benzene rings is 2. The largest absolute Gasteiger partial charge is 0.444 e. The minimum Gasteiger partial charge on any atom is -0.444 e. The molecule has 3 rings (SSSR count). The van der Waals surface area contributed by atoms with Gasteiger partial charge in [-0.05, 0) is 63.7 Å². The lowest BCUT2D eigenvalue weighted by Crippen LogP contribution is -2.57. The molecular weight excluding hydrogens is 683 g/mol. The summed E-state index contributed by atoms with van der Waals surface area (Å²) in [5.41, 5.74) is 0.924. The third kappa shape index (κ3) is 16.4. The first-order chi connectivity index (χ1) is 25.4. The van der Waals surface area contributed by atoms with Crippen molar-refractivity contribution in [3.8, 4) is 0 Å². The van der Waals surface area contributed by atoms with E-state index in [2.05, 4.69) is 46.6 Å². The van der Waals surface area contributed by atoms with Gasteiger partial charge in [-0.1, -0.05) is 113 Å². The van der Waals surface area contributed by atoms with E-state index in [-0.39, 0.29) is 36.2 Å². The Bertz CT molecular complexity index is 1500. The van der Waals surface area contributed by atoms with Gasteiger partial charge in [0.2, 0.25) is 17.7 Å². The maximum absolute atomic E-state index is 14.3. The Hall–Kier alpha value is -4.22. The van der Waals surface area contributed by atoms with Crippen molar-refractivity contribution in [1.82, 2.24) is 26.2 Å². The summed E-state index contributed by atoms with van der Waals surface area (Å²) in [7, 11) is 3.97. The van der Waals surface area contributed by atoms with Crippen LogP contribution < -0.4 is 21.3 Å². The van der Waals surface area contributed by atoms with Gasteiger partial charge in [0, 0.05) is 37.9 Å². The van der Waals surface area contributed by atoms with E-state index in [1.54, 1.807) is 20.8 Å². The zero-order valence-electron chi connectivity index (χ0n) is 33.6. The lowest BCUT2D eigenvalue weighted by molar-refractivity contribution is -0.131. The number of ether oxygens (including phenoxy) is 1. The highest BCUT2D eigenvalue weighted by molar-refractivity contribution is 5.93. The predicted molar refractivity (Wildman–Crippen MR) is 214 cm³/mol. The van der Waals surface area contributed by atoms with Gasteiger partial charge in [0.15, 0.2) is 0 Å². The number of alkyl carbamates (subject to hydrolysis) is 1. The van der Waals surface area contributed by atoms with Crippen LogP contribution in [0.2, 0.25) is 0 Å². The molecule has 0 saturated heterocycles. The molecule has 1 aliphatic rings. The molecule has 1 aliphatic carbocycles. The summed E-state index contributed by atoms with van der Waals surface area (Å²) in [5.74, 6) is -1.06. The molecular formula is C43H65N5O6. The molecule has 0 unspecified atom stereocenters. The summed E-state index contributed by atoms with van der Waals surface area (Å²) in [6.07, 6.45) is 4.32. The van der Waals surface area contributed by atoms with Crippen molar-refractivity contribution in [3.05, 3.63) is 83.9 Å². The number of rotatable bonds is 19. The normalized spacial score (nSPS) is 16.0. The summed E-state index contributed by atoms with van der Waals surface area (Å²) in [6, 6.07) is 15.9. The Morgan fingerprint density at radius 1 is 0.815 bits per heavy atom. The van der Waals surface area contributed by atoms with Crippen molar-refractivity contribution in [2.45, 2.75) is 122 Å². The van der Waals surface area contributed by atoms with Gasteiger partial charge in [0.25, 0.3) is 0 Å². The molecule has 0 heterocycles. The minimum absolute atomic E-state index is 0.0215. The highest BCUT2D eigenvalue weighted by Gasteiger charge is 2.33. The fourth-order valence-corrected chi connectivity index (χ4v) is 7.06. The molecule has 0 aromatic heterocycles. The van der Waals surface area contributed by atoms with E-state index < -0.39 is 47.7 Å². The van der Waals surface area contributed by atoms with Gasteiger partial charge in [-0.25, -0.2) is 4.79 Å². The Morgan fingerprint density at radius 3 is 1.85 bits per heavy atom. The zero-order chi connectivity index (χ0) is 39.9. The van der Waals surface area contributed by atoms with Crippen LogP contribution in [0.15, 0.2) is 72.8 Å². The second-order valence-corrected chi connectivity index (χ2v) is 17.0.